The van der Waals surface area contributed by atoms with E-state index in [0.29, 0.717) is 0 Å². The maximum Gasteiger partial charge on any atom is 0.123 e. The van der Waals surface area contributed by atoms with Gasteiger partial charge in [0.2, 0.25) is 0 Å². The summed E-state index contributed by atoms with van der Waals surface area (Å²) in [6.45, 7) is 7.91. The number of hydrogen-bond donors (Lipinski definition) is 1. The third kappa shape index (κ3) is 3.21. The lowest BCUT2D eigenvalue weighted by Gasteiger charge is -2.12. The molecule has 0 aliphatic rings. The minimum absolute atomic E-state index is 0.187. The third-order valence-electron chi connectivity index (χ3n) is 3.46. The average molecular weight is 257 g/mol. The fourth-order valence-electron chi connectivity index (χ4n) is 2.14. The molecule has 0 saturated heterocycles. The van der Waals surface area contributed by atoms with Crippen molar-refractivity contribution >= 4 is 0 Å². The van der Waals surface area contributed by atoms with E-state index < -0.39 is 0 Å². The van der Waals surface area contributed by atoms with Crippen molar-refractivity contribution in [3.05, 3.63) is 58.9 Å². The summed E-state index contributed by atoms with van der Waals surface area (Å²) in [5.41, 5.74) is 5.68. The van der Waals surface area contributed by atoms with Crippen LogP contribution < -0.4 is 5.32 Å². The van der Waals surface area contributed by atoms with Crippen LogP contribution in [0.15, 0.2) is 36.4 Å². The van der Waals surface area contributed by atoms with Crippen molar-refractivity contribution < 1.29 is 4.39 Å². The first kappa shape index (κ1) is 13.8. The normalized spacial score (nSPS) is 10.7. The number of aryl methyl sites for hydroxylation is 2. The molecule has 0 fully saturated rings. The molecule has 0 radical (unpaired) electrons. The Hall–Kier alpha value is -1.67. The van der Waals surface area contributed by atoms with Crippen LogP contribution in [-0.4, -0.2) is 6.54 Å². The second-order valence-corrected chi connectivity index (χ2v) is 4.88. The zero-order valence-corrected chi connectivity index (χ0v) is 11.8. The smallest absolute Gasteiger partial charge is 0.123 e. The van der Waals surface area contributed by atoms with E-state index >= 15 is 0 Å². The fraction of sp³-hybridized carbons (Fsp3) is 0.294. The number of nitrogens with one attached hydrogen (secondary N) is 1. The van der Waals surface area contributed by atoms with Gasteiger partial charge >= 0.3 is 0 Å². The van der Waals surface area contributed by atoms with Gasteiger partial charge in [0.05, 0.1) is 0 Å². The topological polar surface area (TPSA) is 12.0 Å². The van der Waals surface area contributed by atoms with Gasteiger partial charge < -0.3 is 5.32 Å². The molecule has 2 aromatic carbocycles. The largest absolute Gasteiger partial charge is 0.313 e. The maximum atomic E-state index is 13.5. The van der Waals surface area contributed by atoms with Crippen molar-refractivity contribution in [3.8, 4) is 11.1 Å². The van der Waals surface area contributed by atoms with E-state index in [4.69, 9.17) is 0 Å². The van der Waals surface area contributed by atoms with Gasteiger partial charge in [0.1, 0.15) is 5.82 Å². The quantitative estimate of drug-likeness (QED) is 0.864. The molecule has 19 heavy (non-hydrogen) atoms. The Morgan fingerprint density at radius 3 is 2.47 bits per heavy atom. The Morgan fingerprint density at radius 1 is 1.00 bits per heavy atom. The standard InChI is InChI=1S/C17H20FN/c1-4-19-11-15-7-8-16(18)10-17(15)14-6-5-12(2)13(3)9-14/h5-10,19H,4,11H2,1-3H3. The van der Waals surface area contributed by atoms with Gasteiger partial charge in [-0.05, 0) is 60.3 Å². The van der Waals surface area contributed by atoms with Crippen LogP contribution in [0.3, 0.4) is 0 Å². The third-order valence-corrected chi connectivity index (χ3v) is 3.46. The molecule has 0 unspecified atom stereocenters. The molecule has 2 aromatic rings. The van der Waals surface area contributed by atoms with Crippen molar-refractivity contribution in [2.75, 3.05) is 6.54 Å². The molecule has 2 rings (SSSR count). The van der Waals surface area contributed by atoms with Crippen LogP contribution in [0.5, 0.6) is 0 Å². The average Bonchev–Trinajstić information content (AvgIpc) is 2.40. The number of rotatable bonds is 4. The summed E-state index contributed by atoms with van der Waals surface area (Å²) in [4.78, 5) is 0. The van der Waals surface area contributed by atoms with Gasteiger partial charge in [-0.1, -0.05) is 31.2 Å². The van der Waals surface area contributed by atoms with Crippen LogP contribution in [-0.2, 0) is 6.54 Å². The lowest BCUT2D eigenvalue weighted by Crippen LogP contribution is -2.12. The summed E-state index contributed by atoms with van der Waals surface area (Å²) >= 11 is 0. The lowest BCUT2D eigenvalue weighted by atomic mass is 9.96. The highest BCUT2D eigenvalue weighted by molar-refractivity contribution is 5.68. The predicted octanol–water partition coefficient (Wildman–Crippen LogP) is 4.22. The van der Waals surface area contributed by atoms with Gasteiger partial charge in [-0.25, -0.2) is 4.39 Å². The molecule has 1 N–H and O–H groups in total. The number of halogens is 1. The summed E-state index contributed by atoms with van der Waals surface area (Å²) in [6.07, 6.45) is 0. The number of benzene rings is 2. The molecule has 0 atom stereocenters. The molecule has 1 nitrogen and oxygen atoms in total. The van der Waals surface area contributed by atoms with Crippen molar-refractivity contribution in [2.45, 2.75) is 27.3 Å². The predicted molar refractivity (Wildman–Crippen MR) is 78.7 cm³/mol. The summed E-state index contributed by atoms with van der Waals surface area (Å²) in [5, 5.41) is 3.30. The lowest BCUT2D eigenvalue weighted by molar-refractivity contribution is 0.626. The molecule has 0 amide bonds. The highest BCUT2D eigenvalue weighted by Crippen LogP contribution is 2.26. The molecule has 2 heteroatoms. The first-order valence-corrected chi connectivity index (χ1v) is 6.68. The van der Waals surface area contributed by atoms with E-state index in [2.05, 4.69) is 44.3 Å². The van der Waals surface area contributed by atoms with Crippen LogP contribution in [0.25, 0.3) is 11.1 Å². The van der Waals surface area contributed by atoms with Crippen molar-refractivity contribution in [2.24, 2.45) is 0 Å². The summed E-state index contributed by atoms with van der Waals surface area (Å²) in [7, 11) is 0. The Bertz CT molecular complexity index is 575. The van der Waals surface area contributed by atoms with E-state index in [-0.39, 0.29) is 5.82 Å². The monoisotopic (exact) mass is 257 g/mol. The Morgan fingerprint density at radius 2 is 1.79 bits per heavy atom. The highest BCUT2D eigenvalue weighted by Gasteiger charge is 2.07. The molecule has 0 spiro atoms. The van der Waals surface area contributed by atoms with Gasteiger partial charge in [-0.15, -0.1) is 0 Å². The molecule has 0 saturated carbocycles. The summed E-state index contributed by atoms with van der Waals surface area (Å²) < 4.78 is 13.5. The minimum atomic E-state index is -0.187. The molecule has 0 aliphatic carbocycles. The van der Waals surface area contributed by atoms with E-state index in [1.54, 1.807) is 6.07 Å². The van der Waals surface area contributed by atoms with Crippen LogP contribution in [0.4, 0.5) is 4.39 Å². The van der Waals surface area contributed by atoms with Crippen molar-refractivity contribution in [3.63, 3.8) is 0 Å². The van der Waals surface area contributed by atoms with Crippen molar-refractivity contribution in [1.29, 1.82) is 0 Å². The second-order valence-electron chi connectivity index (χ2n) is 4.88. The molecule has 100 valence electrons. The molecular formula is C17H20FN. The van der Waals surface area contributed by atoms with Crippen LogP contribution in [0.2, 0.25) is 0 Å². The molecule has 0 aliphatic heterocycles. The first-order valence-electron chi connectivity index (χ1n) is 6.68. The van der Waals surface area contributed by atoms with Gasteiger partial charge in [-0.3, -0.25) is 0 Å². The van der Waals surface area contributed by atoms with Gasteiger partial charge in [0.15, 0.2) is 0 Å². The molecule has 0 heterocycles. The second kappa shape index (κ2) is 5.98. The van der Waals surface area contributed by atoms with Gasteiger partial charge in [0, 0.05) is 6.54 Å². The van der Waals surface area contributed by atoms with Crippen molar-refractivity contribution in [1.82, 2.24) is 5.32 Å². The summed E-state index contributed by atoms with van der Waals surface area (Å²) in [6, 6.07) is 11.3. The summed E-state index contributed by atoms with van der Waals surface area (Å²) in [5.74, 6) is -0.187. The van der Waals surface area contributed by atoms with E-state index in [1.165, 1.54) is 17.2 Å². The van der Waals surface area contributed by atoms with Gasteiger partial charge in [0.25, 0.3) is 0 Å². The van der Waals surface area contributed by atoms with Crippen LogP contribution in [0.1, 0.15) is 23.6 Å². The zero-order valence-electron chi connectivity index (χ0n) is 11.8. The SMILES string of the molecule is CCNCc1ccc(F)cc1-c1ccc(C)c(C)c1. The number of hydrogen-bond acceptors (Lipinski definition) is 1. The van der Waals surface area contributed by atoms with E-state index in [1.807, 2.05) is 6.07 Å². The Labute approximate surface area is 114 Å². The molecule has 0 bridgehead atoms. The maximum absolute atomic E-state index is 13.5. The molecular weight excluding hydrogens is 237 g/mol. The highest BCUT2D eigenvalue weighted by atomic mass is 19.1. The van der Waals surface area contributed by atoms with Crippen LogP contribution in [0, 0.1) is 19.7 Å². The van der Waals surface area contributed by atoms with Crippen LogP contribution >= 0.6 is 0 Å². The first-order chi connectivity index (χ1) is 9.11. The Kier molecular flexibility index (Phi) is 4.33. The fourth-order valence-corrected chi connectivity index (χ4v) is 2.14. The molecule has 0 aromatic heterocycles. The van der Waals surface area contributed by atoms with E-state index in [9.17, 15) is 4.39 Å². The minimum Gasteiger partial charge on any atom is -0.313 e. The van der Waals surface area contributed by atoms with Gasteiger partial charge in [-0.2, -0.15) is 0 Å². The Balaban J connectivity index is 2.46. The zero-order chi connectivity index (χ0) is 13.8. The van der Waals surface area contributed by atoms with E-state index in [0.717, 1.165) is 29.8 Å².